The second-order valence-corrected chi connectivity index (χ2v) is 7.93. The van der Waals surface area contributed by atoms with Crippen LogP contribution in [0.15, 0.2) is 12.1 Å². The summed E-state index contributed by atoms with van der Waals surface area (Å²) in [5.41, 5.74) is 0. The summed E-state index contributed by atoms with van der Waals surface area (Å²) in [6.45, 7) is 4.66. The molecule has 7 nitrogen and oxygen atoms in total. The number of rotatable bonds is 13. The summed E-state index contributed by atoms with van der Waals surface area (Å²) in [6, 6.07) is 3.42. The van der Waals surface area contributed by atoms with Gasteiger partial charge in [0.25, 0.3) is 0 Å². The van der Waals surface area contributed by atoms with E-state index in [1.165, 1.54) is 13.8 Å². The van der Waals surface area contributed by atoms with Gasteiger partial charge in [-0.2, -0.15) is 0 Å². The first-order valence-electron chi connectivity index (χ1n) is 9.82. The van der Waals surface area contributed by atoms with Crippen molar-refractivity contribution in [2.45, 2.75) is 78.2 Å². The molecule has 0 aliphatic heterocycles. The van der Waals surface area contributed by atoms with E-state index in [0.29, 0.717) is 28.6 Å². The van der Waals surface area contributed by atoms with E-state index in [0.717, 1.165) is 25.7 Å². The van der Waals surface area contributed by atoms with E-state index in [-0.39, 0.29) is 24.0 Å². The van der Waals surface area contributed by atoms with Crippen LogP contribution in [-0.4, -0.2) is 29.1 Å². The van der Waals surface area contributed by atoms with Crippen molar-refractivity contribution in [3.63, 3.8) is 0 Å². The van der Waals surface area contributed by atoms with Crippen LogP contribution in [0.5, 0.6) is 17.2 Å². The Hall–Kier alpha value is -1.84. The Bertz CT molecular complexity index is 703. The fraction of sp³-hybridized carbons (Fsp3) is 0.571. The molecule has 1 rings (SSSR count). The average Bonchev–Trinajstić information content (AvgIpc) is 2.62. The van der Waals surface area contributed by atoms with Gasteiger partial charge < -0.3 is 19.3 Å². The molecule has 0 aromatic heterocycles. The van der Waals surface area contributed by atoms with Crippen molar-refractivity contribution in [1.29, 1.82) is 0 Å². The Labute approximate surface area is 185 Å². The van der Waals surface area contributed by atoms with Gasteiger partial charge in [-0.05, 0) is 66.8 Å². The first kappa shape index (κ1) is 25.2. The summed E-state index contributed by atoms with van der Waals surface area (Å²) >= 11 is 2.00. The standard InChI is InChI=1S/C21H29IO7/c1-4-5-6-9-16(10-7-8-11-19(25)26)29-18-13-12-17(22)20(27-14(2)23)21(18)28-15(3)24/h12-13,16H,4-11H2,1-3H3,(H,25,26). The van der Waals surface area contributed by atoms with Crippen LogP contribution < -0.4 is 14.2 Å². The molecule has 1 N–H and O–H groups in total. The van der Waals surface area contributed by atoms with E-state index >= 15 is 0 Å². The minimum Gasteiger partial charge on any atom is -0.486 e. The molecule has 0 saturated heterocycles. The number of hydrogen-bond acceptors (Lipinski definition) is 6. The molecule has 0 aliphatic carbocycles. The van der Waals surface area contributed by atoms with Crippen molar-refractivity contribution in [3.05, 3.63) is 15.7 Å². The lowest BCUT2D eigenvalue weighted by Crippen LogP contribution is -2.18. The van der Waals surface area contributed by atoms with Crippen LogP contribution in [0.2, 0.25) is 0 Å². The van der Waals surface area contributed by atoms with Crippen LogP contribution in [0.1, 0.15) is 72.1 Å². The van der Waals surface area contributed by atoms with Crippen molar-refractivity contribution in [3.8, 4) is 17.2 Å². The third-order valence-electron chi connectivity index (χ3n) is 4.11. The van der Waals surface area contributed by atoms with Gasteiger partial charge in [0.05, 0.1) is 9.67 Å². The molecular formula is C21H29IO7. The Kier molecular flexibility index (Phi) is 11.6. The fourth-order valence-corrected chi connectivity index (χ4v) is 3.34. The Balaban J connectivity index is 3.05. The number of esters is 2. The summed E-state index contributed by atoms with van der Waals surface area (Å²) in [5.74, 6) is -1.31. The average molecular weight is 520 g/mol. The van der Waals surface area contributed by atoms with Gasteiger partial charge in [-0.3, -0.25) is 14.4 Å². The maximum absolute atomic E-state index is 11.6. The molecule has 162 valence electrons. The number of hydrogen-bond donors (Lipinski definition) is 1. The molecule has 1 aromatic rings. The lowest BCUT2D eigenvalue weighted by molar-refractivity contribution is -0.137. The number of carbonyl (C=O) groups excluding carboxylic acids is 2. The molecule has 0 amide bonds. The van der Waals surface area contributed by atoms with E-state index < -0.39 is 17.9 Å². The van der Waals surface area contributed by atoms with Crippen LogP contribution >= 0.6 is 22.6 Å². The predicted octanol–water partition coefficient (Wildman–Crippen LogP) is 5.11. The summed E-state index contributed by atoms with van der Waals surface area (Å²) in [7, 11) is 0. The minimum atomic E-state index is -0.811. The molecule has 1 unspecified atom stereocenters. The smallest absolute Gasteiger partial charge is 0.308 e. The van der Waals surface area contributed by atoms with Crippen LogP contribution in [-0.2, 0) is 14.4 Å². The molecule has 29 heavy (non-hydrogen) atoms. The monoisotopic (exact) mass is 520 g/mol. The quantitative estimate of drug-likeness (QED) is 0.167. The third-order valence-corrected chi connectivity index (χ3v) is 4.96. The van der Waals surface area contributed by atoms with Gasteiger partial charge in [0.2, 0.25) is 5.75 Å². The largest absolute Gasteiger partial charge is 0.486 e. The van der Waals surface area contributed by atoms with Crippen molar-refractivity contribution >= 4 is 40.5 Å². The molecule has 0 aliphatic rings. The van der Waals surface area contributed by atoms with E-state index in [2.05, 4.69) is 6.92 Å². The second kappa shape index (κ2) is 13.4. The summed E-state index contributed by atoms with van der Waals surface area (Å²) in [5, 5.41) is 8.81. The molecular weight excluding hydrogens is 491 g/mol. The number of halogens is 1. The van der Waals surface area contributed by atoms with Crippen molar-refractivity contribution in [2.24, 2.45) is 0 Å². The zero-order valence-corrected chi connectivity index (χ0v) is 19.3. The van der Waals surface area contributed by atoms with Gasteiger partial charge in [-0.1, -0.05) is 19.8 Å². The first-order chi connectivity index (χ1) is 13.7. The molecule has 8 heteroatoms. The highest BCUT2D eigenvalue weighted by Gasteiger charge is 2.22. The van der Waals surface area contributed by atoms with Gasteiger partial charge in [-0.25, -0.2) is 0 Å². The molecule has 1 aromatic carbocycles. The van der Waals surface area contributed by atoms with Crippen molar-refractivity contribution in [1.82, 2.24) is 0 Å². The lowest BCUT2D eigenvalue weighted by atomic mass is 10.0. The van der Waals surface area contributed by atoms with E-state index in [4.69, 9.17) is 19.3 Å². The van der Waals surface area contributed by atoms with Crippen LogP contribution in [0.4, 0.5) is 0 Å². The normalized spacial score (nSPS) is 11.6. The number of aliphatic carboxylic acids is 1. The van der Waals surface area contributed by atoms with Gasteiger partial charge >= 0.3 is 17.9 Å². The van der Waals surface area contributed by atoms with E-state index in [1.54, 1.807) is 12.1 Å². The van der Waals surface area contributed by atoms with Gasteiger partial charge in [0.1, 0.15) is 0 Å². The highest BCUT2D eigenvalue weighted by Crippen LogP contribution is 2.42. The first-order valence-corrected chi connectivity index (χ1v) is 10.9. The number of carboxylic acids is 1. The SMILES string of the molecule is CCCCCC(CCCCC(=O)O)Oc1ccc(I)c(OC(C)=O)c1OC(C)=O. The second-order valence-electron chi connectivity index (χ2n) is 6.77. The molecule has 0 fully saturated rings. The minimum absolute atomic E-state index is 0.0885. The van der Waals surface area contributed by atoms with Gasteiger partial charge in [-0.15, -0.1) is 0 Å². The number of carbonyl (C=O) groups is 3. The molecule has 0 heterocycles. The summed E-state index contributed by atoms with van der Waals surface area (Å²) in [4.78, 5) is 33.8. The maximum Gasteiger partial charge on any atom is 0.308 e. The Morgan fingerprint density at radius 2 is 1.55 bits per heavy atom. The fourth-order valence-electron chi connectivity index (χ4n) is 2.80. The summed E-state index contributed by atoms with van der Waals surface area (Å²) in [6.07, 6.45) is 5.86. The maximum atomic E-state index is 11.6. The van der Waals surface area contributed by atoms with Crippen LogP contribution in [0, 0.1) is 3.57 Å². The Morgan fingerprint density at radius 3 is 2.10 bits per heavy atom. The van der Waals surface area contributed by atoms with Gasteiger partial charge in [0.15, 0.2) is 11.5 Å². The van der Waals surface area contributed by atoms with Crippen LogP contribution in [0.25, 0.3) is 0 Å². The number of ether oxygens (including phenoxy) is 3. The van der Waals surface area contributed by atoms with Crippen molar-refractivity contribution in [2.75, 3.05) is 0 Å². The number of benzene rings is 1. The molecule has 0 saturated carbocycles. The molecule has 0 radical (unpaired) electrons. The highest BCUT2D eigenvalue weighted by molar-refractivity contribution is 14.1. The summed E-state index contributed by atoms with van der Waals surface area (Å²) < 4.78 is 17.3. The zero-order valence-electron chi connectivity index (χ0n) is 17.2. The Morgan fingerprint density at radius 1 is 0.966 bits per heavy atom. The third kappa shape index (κ3) is 9.96. The number of unbranched alkanes of at least 4 members (excludes halogenated alkanes) is 3. The topological polar surface area (TPSA) is 99.1 Å². The number of carboxylic acid groups (broad SMARTS) is 1. The molecule has 0 bridgehead atoms. The van der Waals surface area contributed by atoms with E-state index in [9.17, 15) is 14.4 Å². The lowest BCUT2D eigenvalue weighted by Gasteiger charge is -2.22. The zero-order chi connectivity index (χ0) is 21.8. The highest BCUT2D eigenvalue weighted by atomic mass is 127. The molecule has 1 atom stereocenters. The van der Waals surface area contributed by atoms with Gasteiger partial charge in [0, 0.05) is 20.3 Å². The van der Waals surface area contributed by atoms with E-state index in [1.807, 2.05) is 22.6 Å². The predicted molar refractivity (Wildman–Crippen MR) is 116 cm³/mol. The van der Waals surface area contributed by atoms with Crippen LogP contribution in [0.3, 0.4) is 0 Å². The van der Waals surface area contributed by atoms with Crippen molar-refractivity contribution < 1.29 is 33.7 Å². The molecule has 0 spiro atoms.